The number of carbonyl (C=O) groups excluding carboxylic acids is 2. The van der Waals surface area contributed by atoms with E-state index in [2.05, 4.69) is 22.0 Å². The number of hydrogen-bond donors (Lipinski definition) is 3. The summed E-state index contributed by atoms with van der Waals surface area (Å²) >= 11 is 1.17. The Bertz CT molecular complexity index is 1370. The van der Waals surface area contributed by atoms with Gasteiger partial charge < -0.3 is 20.4 Å². The fraction of sp³-hybridized carbons (Fsp3) is 0.148. The highest BCUT2D eigenvalue weighted by molar-refractivity contribution is 8.03. The second kappa shape index (κ2) is 11.0. The van der Waals surface area contributed by atoms with Crippen molar-refractivity contribution in [2.45, 2.75) is 19.8 Å². The molecule has 0 fully saturated rings. The second-order valence-electron chi connectivity index (χ2n) is 8.13. The molecule has 3 N–H and O–H groups in total. The molecule has 2 heterocycles. The van der Waals surface area contributed by atoms with Gasteiger partial charge >= 0.3 is 0 Å². The molecule has 1 aliphatic rings. The van der Waals surface area contributed by atoms with Crippen LogP contribution in [0.4, 0.5) is 15.8 Å². The number of aryl methyl sites for hydroxylation is 1. The number of amides is 2. The number of benzene rings is 2. The molecule has 0 bridgehead atoms. The summed E-state index contributed by atoms with van der Waals surface area (Å²) in [5.74, 6) is -1.42. The van der Waals surface area contributed by atoms with E-state index in [0.29, 0.717) is 33.4 Å². The van der Waals surface area contributed by atoms with E-state index in [9.17, 15) is 19.2 Å². The lowest BCUT2D eigenvalue weighted by Crippen LogP contribution is -2.31. The number of furan rings is 1. The zero-order valence-electron chi connectivity index (χ0n) is 19.6. The van der Waals surface area contributed by atoms with Gasteiger partial charge in [-0.1, -0.05) is 29.5 Å². The number of dihydropyridines is 1. The summed E-state index contributed by atoms with van der Waals surface area (Å²) in [6.07, 6.45) is 1.47. The van der Waals surface area contributed by atoms with Gasteiger partial charge in [0.05, 0.1) is 40.2 Å². The first-order chi connectivity index (χ1) is 17.4. The van der Waals surface area contributed by atoms with Crippen molar-refractivity contribution in [2.75, 3.05) is 16.4 Å². The van der Waals surface area contributed by atoms with E-state index in [-0.39, 0.29) is 17.2 Å². The van der Waals surface area contributed by atoms with Crippen LogP contribution in [0.5, 0.6) is 0 Å². The first kappa shape index (κ1) is 24.8. The Labute approximate surface area is 212 Å². The molecule has 1 aliphatic heterocycles. The number of rotatable bonds is 7. The third-order valence-corrected chi connectivity index (χ3v) is 6.52. The fourth-order valence-electron chi connectivity index (χ4n) is 3.77. The fourth-order valence-corrected chi connectivity index (χ4v) is 4.66. The van der Waals surface area contributed by atoms with Crippen LogP contribution in [0.15, 0.2) is 93.2 Å². The summed E-state index contributed by atoms with van der Waals surface area (Å²) in [5, 5.41) is 19.2. The third-order valence-electron chi connectivity index (χ3n) is 5.50. The van der Waals surface area contributed by atoms with E-state index in [4.69, 9.17) is 4.42 Å². The van der Waals surface area contributed by atoms with Crippen molar-refractivity contribution >= 4 is 35.0 Å². The highest BCUT2D eigenvalue weighted by atomic mass is 32.2. The van der Waals surface area contributed by atoms with Crippen molar-refractivity contribution < 1.29 is 18.4 Å². The maximum absolute atomic E-state index is 13.3. The smallest absolute Gasteiger partial charge is 0.254 e. The number of anilines is 2. The lowest BCUT2D eigenvalue weighted by molar-refractivity contribution is -0.114. The van der Waals surface area contributed by atoms with E-state index in [0.717, 1.165) is 5.56 Å². The number of carbonyl (C=O) groups is 2. The number of nitriles is 1. The topological polar surface area (TPSA) is 107 Å². The van der Waals surface area contributed by atoms with Crippen molar-refractivity contribution in [3.05, 3.63) is 106 Å². The Hall–Kier alpha value is -4.29. The van der Waals surface area contributed by atoms with Crippen LogP contribution < -0.4 is 16.0 Å². The minimum Gasteiger partial charge on any atom is -0.468 e. The van der Waals surface area contributed by atoms with Crippen LogP contribution in [-0.4, -0.2) is 17.6 Å². The maximum atomic E-state index is 13.3. The molecule has 1 aromatic heterocycles. The average molecular weight is 503 g/mol. The van der Waals surface area contributed by atoms with Crippen molar-refractivity contribution in [1.82, 2.24) is 5.32 Å². The zero-order valence-corrected chi connectivity index (χ0v) is 20.4. The number of hydrogen-bond acceptors (Lipinski definition) is 6. The van der Waals surface area contributed by atoms with Gasteiger partial charge in [0.15, 0.2) is 0 Å². The zero-order chi connectivity index (χ0) is 25.7. The maximum Gasteiger partial charge on any atom is 0.254 e. The van der Waals surface area contributed by atoms with Crippen molar-refractivity contribution in [3.63, 3.8) is 0 Å². The molecule has 182 valence electrons. The van der Waals surface area contributed by atoms with Crippen molar-refractivity contribution in [1.29, 1.82) is 5.26 Å². The summed E-state index contributed by atoms with van der Waals surface area (Å²) in [7, 11) is 0. The number of allylic oxidation sites excluding steroid dienone is 2. The molecule has 0 radical (unpaired) electrons. The van der Waals surface area contributed by atoms with E-state index in [1.807, 2.05) is 31.2 Å². The lowest BCUT2D eigenvalue weighted by Gasteiger charge is -2.28. The standard InChI is InChI=1S/C27H23FN4O3S/c1-16-5-9-19(10-6-16)31-23(33)15-36-27-21(14-29)25(22-4-3-13-35-22)24(17(2)30-27)26(34)32-20-11-7-18(28)8-12-20/h3-13,25,30H,15H2,1-2H3,(H,31,33)(H,32,34). The summed E-state index contributed by atoms with van der Waals surface area (Å²) in [5.41, 5.74) is 3.24. The summed E-state index contributed by atoms with van der Waals surface area (Å²) < 4.78 is 18.9. The molecule has 2 amide bonds. The Morgan fingerprint density at radius 1 is 1.06 bits per heavy atom. The molecule has 1 unspecified atom stereocenters. The van der Waals surface area contributed by atoms with Gasteiger partial charge in [-0.3, -0.25) is 9.59 Å². The highest BCUT2D eigenvalue weighted by Crippen LogP contribution is 2.41. The summed E-state index contributed by atoms with van der Waals surface area (Å²) in [6, 6.07) is 18.4. The van der Waals surface area contributed by atoms with Crippen molar-refractivity contribution in [2.24, 2.45) is 0 Å². The Balaban J connectivity index is 1.57. The second-order valence-corrected chi connectivity index (χ2v) is 9.12. The molecular formula is C27H23FN4O3S. The number of nitrogens with zero attached hydrogens (tertiary/aromatic N) is 1. The monoisotopic (exact) mass is 502 g/mol. The lowest BCUT2D eigenvalue weighted by atomic mass is 9.85. The van der Waals surface area contributed by atoms with E-state index in [1.165, 1.54) is 42.3 Å². The molecule has 1 atom stereocenters. The molecular weight excluding hydrogens is 479 g/mol. The Morgan fingerprint density at radius 3 is 2.36 bits per heavy atom. The van der Waals surface area contributed by atoms with Gasteiger partial charge in [-0.15, -0.1) is 0 Å². The van der Waals surface area contributed by atoms with Crippen LogP contribution in [0.1, 0.15) is 24.2 Å². The average Bonchev–Trinajstić information content (AvgIpc) is 3.39. The van der Waals surface area contributed by atoms with Gasteiger partial charge in [-0.05, 0) is 62.4 Å². The molecule has 36 heavy (non-hydrogen) atoms. The van der Waals surface area contributed by atoms with E-state index >= 15 is 0 Å². The van der Waals surface area contributed by atoms with Gasteiger partial charge in [0.1, 0.15) is 11.6 Å². The minimum atomic E-state index is -0.783. The van der Waals surface area contributed by atoms with Gasteiger partial charge in [0, 0.05) is 17.1 Å². The minimum absolute atomic E-state index is 0.0522. The molecule has 2 aromatic carbocycles. The van der Waals surface area contributed by atoms with Crippen LogP contribution in [0.2, 0.25) is 0 Å². The SMILES string of the molecule is CC1=C(C(=O)Nc2ccc(F)cc2)C(c2ccco2)C(C#N)=C(SCC(=O)Nc2ccc(C)cc2)N1. The molecule has 0 saturated heterocycles. The largest absolute Gasteiger partial charge is 0.468 e. The van der Waals surface area contributed by atoms with Crippen LogP contribution in [-0.2, 0) is 9.59 Å². The van der Waals surface area contributed by atoms with Crippen LogP contribution in [0, 0.1) is 24.1 Å². The van der Waals surface area contributed by atoms with Gasteiger partial charge in [-0.2, -0.15) is 5.26 Å². The molecule has 0 aliphatic carbocycles. The molecule has 4 rings (SSSR count). The highest BCUT2D eigenvalue weighted by Gasteiger charge is 2.36. The first-order valence-corrected chi connectivity index (χ1v) is 12.1. The predicted molar refractivity (Wildman–Crippen MR) is 137 cm³/mol. The molecule has 9 heteroatoms. The number of nitrogens with one attached hydrogen (secondary N) is 3. The summed E-state index contributed by atoms with van der Waals surface area (Å²) in [4.78, 5) is 25.8. The van der Waals surface area contributed by atoms with Crippen LogP contribution >= 0.6 is 11.8 Å². The van der Waals surface area contributed by atoms with Crippen LogP contribution in [0.3, 0.4) is 0 Å². The molecule has 7 nitrogen and oxygen atoms in total. The Morgan fingerprint density at radius 2 is 1.72 bits per heavy atom. The molecule has 0 spiro atoms. The van der Waals surface area contributed by atoms with Crippen molar-refractivity contribution in [3.8, 4) is 6.07 Å². The quantitative estimate of drug-likeness (QED) is 0.398. The van der Waals surface area contributed by atoms with Crippen LogP contribution in [0.25, 0.3) is 0 Å². The van der Waals surface area contributed by atoms with Gasteiger partial charge in [-0.25, -0.2) is 4.39 Å². The van der Waals surface area contributed by atoms with E-state index in [1.54, 1.807) is 19.1 Å². The third kappa shape index (κ3) is 5.67. The normalized spacial score (nSPS) is 15.2. The Kier molecular flexibility index (Phi) is 7.56. The van der Waals surface area contributed by atoms with Gasteiger partial charge in [0.2, 0.25) is 5.91 Å². The number of halogens is 1. The predicted octanol–water partition coefficient (Wildman–Crippen LogP) is 5.43. The molecule has 3 aromatic rings. The van der Waals surface area contributed by atoms with E-state index < -0.39 is 17.6 Å². The molecule has 0 saturated carbocycles. The number of thioether (sulfide) groups is 1. The first-order valence-electron chi connectivity index (χ1n) is 11.1. The summed E-state index contributed by atoms with van der Waals surface area (Å²) in [6.45, 7) is 3.68. The van der Waals surface area contributed by atoms with Gasteiger partial charge in [0.25, 0.3) is 5.91 Å².